The van der Waals surface area contributed by atoms with Crippen molar-refractivity contribution < 1.29 is 9.59 Å². The van der Waals surface area contributed by atoms with Gasteiger partial charge in [0.15, 0.2) is 0 Å². The van der Waals surface area contributed by atoms with Crippen LogP contribution >= 0.6 is 0 Å². The van der Waals surface area contributed by atoms with E-state index in [0.717, 1.165) is 6.42 Å². The second-order valence-corrected chi connectivity index (χ2v) is 5.83. The van der Waals surface area contributed by atoms with E-state index in [4.69, 9.17) is 0 Å². The molecule has 4 nitrogen and oxygen atoms in total. The van der Waals surface area contributed by atoms with Crippen molar-refractivity contribution in [3.8, 4) is 0 Å². The molecule has 1 fully saturated rings. The van der Waals surface area contributed by atoms with Gasteiger partial charge in [-0.15, -0.1) is 0 Å². The third kappa shape index (κ3) is 3.43. The molecule has 1 heterocycles. The highest BCUT2D eigenvalue weighted by molar-refractivity contribution is 5.96. The van der Waals surface area contributed by atoms with Gasteiger partial charge in [-0.25, -0.2) is 0 Å². The maximum Gasteiger partial charge on any atom is 0.245 e. The van der Waals surface area contributed by atoms with Crippen LogP contribution in [0.5, 0.6) is 0 Å². The van der Waals surface area contributed by atoms with Gasteiger partial charge in [-0.2, -0.15) is 0 Å². The van der Waals surface area contributed by atoms with Crippen LogP contribution in [-0.4, -0.2) is 35.3 Å². The number of hydrogen-bond acceptors (Lipinski definition) is 2. The Morgan fingerprint density at radius 1 is 1.24 bits per heavy atom. The van der Waals surface area contributed by atoms with E-state index in [1.54, 1.807) is 11.8 Å². The Kier molecular flexibility index (Phi) is 4.99. The van der Waals surface area contributed by atoms with Gasteiger partial charge in [0.2, 0.25) is 11.8 Å². The fourth-order valence-electron chi connectivity index (χ4n) is 2.80. The summed E-state index contributed by atoms with van der Waals surface area (Å²) in [5, 5.41) is 2.83. The van der Waals surface area contributed by atoms with Crippen molar-refractivity contribution in [3.05, 3.63) is 35.9 Å². The normalized spacial score (nSPS) is 23.9. The standard InChI is InChI=1S/C17H24N2O2/c1-4-8-15-17(21)19(13(3)16(20)18-15)11-12(2)14-9-6-5-7-10-14/h5-7,9-10,12-13,15H,4,8,11H2,1-3H3,(H,18,20). The predicted molar refractivity (Wildman–Crippen MR) is 82.9 cm³/mol. The smallest absolute Gasteiger partial charge is 0.245 e. The van der Waals surface area contributed by atoms with Crippen molar-refractivity contribution in [2.24, 2.45) is 0 Å². The number of carbonyl (C=O) groups is 2. The van der Waals surface area contributed by atoms with Crippen LogP contribution in [0.3, 0.4) is 0 Å². The van der Waals surface area contributed by atoms with Gasteiger partial charge >= 0.3 is 0 Å². The van der Waals surface area contributed by atoms with Gasteiger partial charge in [-0.1, -0.05) is 50.6 Å². The zero-order valence-electron chi connectivity index (χ0n) is 13.0. The van der Waals surface area contributed by atoms with Crippen molar-refractivity contribution in [3.63, 3.8) is 0 Å². The van der Waals surface area contributed by atoms with Crippen molar-refractivity contribution in [2.45, 2.75) is 51.6 Å². The van der Waals surface area contributed by atoms with Crippen LogP contribution in [0.15, 0.2) is 30.3 Å². The largest absolute Gasteiger partial charge is 0.343 e. The van der Waals surface area contributed by atoms with Crippen LogP contribution in [-0.2, 0) is 9.59 Å². The lowest BCUT2D eigenvalue weighted by molar-refractivity contribution is -0.149. The van der Waals surface area contributed by atoms with E-state index in [0.29, 0.717) is 13.0 Å². The predicted octanol–water partition coefficient (Wildman–Crippen LogP) is 2.31. The Morgan fingerprint density at radius 2 is 1.90 bits per heavy atom. The fourth-order valence-corrected chi connectivity index (χ4v) is 2.80. The Morgan fingerprint density at radius 3 is 2.52 bits per heavy atom. The average molecular weight is 288 g/mol. The third-order valence-corrected chi connectivity index (χ3v) is 4.16. The highest BCUT2D eigenvalue weighted by Crippen LogP contribution is 2.21. The summed E-state index contributed by atoms with van der Waals surface area (Å²) in [5.41, 5.74) is 1.19. The number of rotatable bonds is 5. The monoisotopic (exact) mass is 288 g/mol. The second kappa shape index (κ2) is 6.74. The number of hydrogen-bond donors (Lipinski definition) is 1. The van der Waals surface area contributed by atoms with E-state index >= 15 is 0 Å². The molecule has 4 heteroatoms. The Labute approximate surface area is 126 Å². The molecular formula is C17H24N2O2. The third-order valence-electron chi connectivity index (χ3n) is 4.16. The number of amides is 2. The number of carbonyl (C=O) groups excluding carboxylic acids is 2. The molecule has 1 aliphatic heterocycles. The molecule has 1 N–H and O–H groups in total. The molecule has 1 aliphatic rings. The van der Waals surface area contributed by atoms with Gasteiger partial charge in [-0.05, 0) is 24.8 Å². The van der Waals surface area contributed by atoms with E-state index in [9.17, 15) is 9.59 Å². The molecule has 21 heavy (non-hydrogen) atoms. The number of piperazine rings is 1. The molecule has 3 atom stereocenters. The maximum atomic E-state index is 12.5. The van der Waals surface area contributed by atoms with E-state index in [1.165, 1.54) is 5.56 Å². The lowest BCUT2D eigenvalue weighted by Gasteiger charge is -2.38. The first-order valence-corrected chi connectivity index (χ1v) is 7.70. The lowest BCUT2D eigenvalue weighted by Crippen LogP contribution is -2.62. The van der Waals surface area contributed by atoms with Gasteiger partial charge in [-0.3, -0.25) is 9.59 Å². The molecule has 0 radical (unpaired) electrons. The summed E-state index contributed by atoms with van der Waals surface area (Å²) >= 11 is 0. The van der Waals surface area contributed by atoms with Crippen molar-refractivity contribution in [1.29, 1.82) is 0 Å². The number of nitrogens with one attached hydrogen (secondary N) is 1. The van der Waals surface area contributed by atoms with Crippen LogP contribution in [0, 0.1) is 0 Å². The Balaban J connectivity index is 2.12. The van der Waals surface area contributed by atoms with E-state index < -0.39 is 6.04 Å². The number of nitrogens with zero attached hydrogens (tertiary/aromatic N) is 1. The summed E-state index contributed by atoms with van der Waals surface area (Å²) in [5.74, 6) is 0.214. The lowest BCUT2D eigenvalue weighted by atomic mass is 9.97. The van der Waals surface area contributed by atoms with Crippen molar-refractivity contribution in [2.75, 3.05) is 6.54 Å². The zero-order chi connectivity index (χ0) is 15.4. The SMILES string of the molecule is CCCC1NC(=O)C(C)N(CC(C)c2ccccc2)C1=O. The van der Waals surface area contributed by atoms with E-state index in [1.807, 2.05) is 25.1 Å². The van der Waals surface area contributed by atoms with Gasteiger partial charge in [0.05, 0.1) is 0 Å². The first-order chi connectivity index (χ1) is 10.0. The van der Waals surface area contributed by atoms with Crippen LogP contribution in [0.2, 0.25) is 0 Å². The highest BCUT2D eigenvalue weighted by atomic mass is 16.2. The number of benzene rings is 1. The quantitative estimate of drug-likeness (QED) is 0.904. The first kappa shape index (κ1) is 15.5. The molecule has 1 aromatic rings. The molecular weight excluding hydrogens is 264 g/mol. The molecule has 3 unspecified atom stereocenters. The summed E-state index contributed by atoms with van der Waals surface area (Å²) in [6.07, 6.45) is 1.58. The highest BCUT2D eigenvalue weighted by Gasteiger charge is 2.37. The van der Waals surface area contributed by atoms with Gasteiger partial charge in [0.1, 0.15) is 12.1 Å². The topological polar surface area (TPSA) is 49.4 Å². The Hall–Kier alpha value is -1.84. The van der Waals surface area contributed by atoms with Gasteiger partial charge < -0.3 is 10.2 Å². The van der Waals surface area contributed by atoms with Crippen LogP contribution in [0.1, 0.15) is 45.1 Å². The average Bonchev–Trinajstić information content (AvgIpc) is 2.50. The first-order valence-electron chi connectivity index (χ1n) is 7.70. The molecule has 0 saturated carbocycles. The maximum absolute atomic E-state index is 12.5. The van der Waals surface area contributed by atoms with Crippen LogP contribution in [0.25, 0.3) is 0 Å². The molecule has 1 saturated heterocycles. The summed E-state index contributed by atoms with van der Waals surface area (Å²) in [7, 11) is 0. The molecule has 0 aromatic heterocycles. The molecule has 114 valence electrons. The summed E-state index contributed by atoms with van der Waals surface area (Å²) in [6, 6.07) is 9.36. The Bertz CT molecular complexity index is 501. The van der Waals surface area contributed by atoms with E-state index in [-0.39, 0.29) is 23.8 Å². The van der Waals surface area contributed by atoms with Crippen molar-refractivity contribution in [1.82, 2.24) is 10.2 Å². The fraction of sp³-hybridized carbons (Fsp3) is 0.529. The minimum Gasteiger partial charge on any atom is -0.343 e. The van der Waals surface area contributed by atoms with Crippen LogP contribution in [0.4, 0.5) is 0 Å². The zero-order valence-corrected chi connectivity index (χ0v) is 13.0. The summed E-state index contributed by atoms with van der Waals surface area (Å²) in [6.45, 7) is 6.50. The van der Waals surface area contributed by atoms with Crippen molar-refractivity contribution >= 4 is 11.8 Å². The van der Waals surface area contributed by atoms with Crippen LogP contribution < -0.4 is 5.32 Å². The molecule has 0 spiro atoms. The minimum absolute atomic E-state index is 0.0479. The second-order valence-electron chi connectivity index (χ2n) is 5.83. The van der Waals surface area contributed by atoms with E-state index in [2.05, 4.69) is 24.4 Å². The molecule has 0 bridgehead atoms. The molecule has 0 aliphatic carbocycles. The summed E-state index contributed by atoms with van der Waals surface area (Å²) in [4.78, 5) is 26.3. The molecule has 2 amide bonds. The molecule has 2 rings (SSSR count). The minimum atomic E-state index is -0.392. The van der Waals surface area contributed by atoms with Gasteiger partial charge in [0, 0.05) is 6.54 Å². The summed E-state index contributed by atoms with van der Waals surface area (Å²) < 4.78 is 0. The molecule has 1 aromatic carbocycles. The van der Waals surface area contributed by atoms with Gasteiger partial charge in [0.25, 0.3) is 0 Å².